The molecule has 10 nitrogen and oxygen atoms in total. The van der Waals surface area contributed by atoms with Crippen LogP contribution >= 0.6 is 0 Å². The van der Waals surface area contributed by atoms with Crippen molar-refractivity contribution in [2.24, 2.45) is 11.8 Å². The van der Waals surface area contributed by atoms with Crippen LogP contribution in [0.15, 0.2) is 71.5 Å². The van der Waals surface area contributed by atoms with Gasteiger partial charge in [-0.1, -0.05) is 55.8 Å². The number of aromatic nitrogens is 2. The smallest absolute Gasteiger partial charge is 0.268 e. The molecule has 1 unspecified atom stereocenters. The number of rotatable bonds is 11. The summed E-state index contributed by atoms with van der Waals surface area (Å²) in [7, 11) is 0. The number of amides is 2. The normalized spacial score (nSPS) is 17.0. The molecule has 7 rings (SSSR count). The Balaban J connectivity index is 1.16. The second kappa shape index (κ2) is 13.6. The zero-order chi connectivity index (χ0) is 33.4. The van der Waals surface area contributed by atoms with E-state index >= 15 is 0 Å². The first-order chi connectivity index (χ1) is 23.3. The van der Waals surface area contributed by atoms with Crippen LogP contribution in [0.25, 0.3) is 22.0 Å². The van der Waals surface area contributed by atoms with Crippen LogP contribution < -0.4 is 14.8 Å². The molecule has 1 saturated heterocycles. The summed E-state index contributed by atoms with van der Waals surface area (Å²) in [6.07, 6.45) is 6.07. The van der Waals surface area contributed by atoms with Crippen molar-refractivity contribution in [1.82, 2.24) is 14.5 Å². The average molecular weight is 668 g/mol. The lowest BCUT2D eigenvalue weighted by atomic mass is 10.0. The highest BCUT2D eigenvalue weighted by molar-refractivity contribution is 7.81. The fourth-order valence-electron chi connectivity index (χ4n) is 6.56. The Kier molecular flexibility index (Phi) is 9.15. The molecule has 1 N–H and O–H groups in total. The molecule has 250 valence electrons. The number of anilines is 2. The Morgan fingerprint density at radius 2 is 1.65 bits per heavy atom. The van der Waals surface area contributed by atoms with Gasteiger partial charge in [-0.3, -0.25) is 23.5 Å². The number of hydrogen-bond acceptors (Lipinski definition) is 6. The van der Waals surface area contributed by atoms with Crippen molar-refractivity contribution in [3.05, 3.63) is 88.5 Å². The van der Waals surface area contributed by atoms with Gasteiger partial charge in [0.25, 0.3) is 16.8 Å². The molecule has 3 aliphatic rings. The maximum atomic E-state index is 14.1. The van der Waals surface area contributed by atoms with Gasteiger partial charge in [0.2, 0.25) is 11.8 Å². The van der Waals surface area contributed by atoms with Gasteiger partial charge in [-0.05, 0) is 67.5 Å². The van der Waals surface area contributed by atoms with E-state index < -0.39 is 11.3 Å². The van der Waals surface area contributed by atoms with Crippen LogP contribution in [-0.2, 0) is 33.8 Å². The summed E-state index contributed by atoms with van der Waals surface area (Å²) in [5.74, 6) is 0.711. The van der Waals surface area contributed by atoms with Gasteiger partial charge in [0.1, 0.15) is 5.82 Å². The standard InChI is InChI=1S/C37H41N5O5S/c1-2-3-8-34-38-32-18-17-29(39-19-21-40(22-20-39)35(43)27-13-14-27)23-31(32)37(45)41(34)24-25-9-11-26(12-10-25)30-6-4-5-7-33(30)42(48(46)47)36(44)28-15-16-28/h4-7,9-12,17-18,23,27-28H,2-3,8,13-16,19-22,24H2,1H3,(H,46,47). The second-order valence-corrected chi connectivity index (χ2v) is 14.0. The molecule has 4 aromatic rings. The second-order valence-electron chi connectivity index (χ2n) is 13.2. The molecule has 0 spiro atoms. The van der Waals surface area contributed by atoms with Gasteiger partial charge >= 0.3 is 0 Å². The average Bonchev–Trinajstić information content (AvgIpc) is 4.03. The van der Waals surface area contributed by atoms with Crippen molar-refractivity contribution >= 4 is 45.4 Å². The molecule has 0 bridgehead atoms. The summed E-state index contributed by atoms with van der Waals surface area (Å²) in [5.41, 5.74) is 4.37. The maximum absolute atomic E-state index is 14.1. The van der Waals surface area contributed by atoms with Crippen LogP contribution in [0, 0.1) is 11.8 Å². The fraction of sp³-hybridized carbons (Fsp3) is 0.405. The molecule has 2 heterocycles. The number of benzene rings is 3. The molecule has 2 amide bonds. The summed E-state index contributed by atoms with van der Waals surface area (Å²) < 4.78 is 25.1. The third kappa shape index (κ3) is 6.66. The van der Waals surface area contributed by atoms with Crippen molar-refractivity contribution in [1.29, 1.82) is 0 Å². The van der Waals surface area contributed by atoms with Crippen LogP contribution in [0.4, 0.5) is 11.4 Å². The van der Waals surface area contributed by atoms with Gasteiger partial charge in [0, 0.05) is 55.7 Å². The summed E-state index contributed by atoms with van der Waals surface area (Å²) in [4.78, 5) is 48.8. The molecule has 1 aromatic heterocycles. The zero-order valence-electron chi connectivity index (χ0n) is 27.2. The number of fused-ring (bicyclic) bond motifs is 1. The van der Waals surface area contributed by atoms with Gasteiger partial charge < -0.3 is 9.80 Å². The van der Waals surface area contributed by atoms with Gasteiger partial charge in [-0.2, -0.15) is 0 Å². The Morgan fingerprint density at radius 1 is 0.938 bits per heavy atom. The molecule has 1 atom stereocenters. The maximum Gasteiger partial charge on any atom is 0.268 e. The minimum absolute atomic E-state index is 0.0791. The largest absolute Gasteiger partial charge is 0.368 e. The molecule has 3 aromatic carbocycles. The topological polar surface area (TPSA) is 116 Å². The van der Waals surface area contributed by atoms with E-state index in [0.29, 0.717) is 48.2 Å². The van der Waals surface area contributed by atoms with Crippen LogP contribution in [0.5, 0.6) is 0 Å². The van der Waals surface area contributed by atoms with E-state index in [-0.39, 0.29) is 29.2 Å². The molecule has 11 heteroatoms. The molecular formula is C37H41N5O5S. The van der Waals surface area contributed by atoms with E-state index in [9.17, 15) is 23.1 Å². The van der Waals surface area contributed by atoms with E-state index in [2.05, 4.69) is 11.8 Å². The molecule has 1 aliphatic heterocycles. The minimum atomic E-state index is -2.49. The minimum Gasteiger partial charge on any atom is -0.368 e. The first kappa shape index (κ1) is 32.2. The molecule has 3 fully saturated rings. The van der Waals surface area contributed by atoms with Gasteiger partial charge in [-0.25, -0.2) is 13.5 Å². The highest BCUT2D eigenvalue weighted by Crippen LogP contribution is 2.37. The summed E-state index contributed by atoms with van der Waals surface area (Å²) >= 11 is -2.49. The van der Waals surface area contributed by atoms with Crippen LogP contribution in [0.3, 0.4) is 0 Å². The number of carbonyl (C=O) groups excluding carboxylic acids is 2. The summed E-state index contributed by atoms with van der Waals surface area (Å²) in [6.45, 7) is 5.32. The lowest BCUT2D eigenvalue weighted by molar-refractivity contribution is -0.132. The lowest BCUT2D eigenvalue weighted by Crippen LogP contribution is -2.49. The van der Waals surface area contributed by atoms with Gasteiger partial charge in [-0.15, -0.1) is 0 Å². The van der Waals surface area contributed by atoms with Crippen molar-refractivity contribution < 1.29 is 18.4 Å². The number of aryl methyl sites for hydroxylation is 1. The number of hydrogen-bond donors (Lipinski definition) is 1. The van der Waals surface area contributed by atoms with E-state index in [1.165, 1.54) is 0 Å². The molecule has 2 saturated carbocycles. The first-order valence-corrected chi connectivity index (χ1v) is 18.1. The Hall–Kier alpha value is -4.35. The van der Waals surface area contributed by atoms with Crippen LogP contribution in [0.1, 0.15) is 56.8 Å². The van der Waals surface area contributed by atoms with Crippen molar-refractivity contribution in [2.45, 2.75) is 58.4 Å². The highest BCUT2D eigenvalue weighted by atomic mass is 32.2. The van der Waals surface area contributed by atoms with Crippen molar-refractivity contribution in [3.8, 4) is 11.1 Å². The quantitative estimate of drug-likeness (QED) is 0.213. The number of unbranched alkanes of at least 4 members (excludes halogenated alkanes) is 1. The third-order valence-electron chi connectivity index (χ3n) is 9.67. The number of piperazine rings is 1. The predicted octanol–water partition coefficient (Wildman–Crippen LogP) is 5.39. The highest BCUT2D eigenvalue weighted by Gasteiger charge is 2.37. The predicted molar refractivity (Wildman–Crippen MR) is 188 cm³/mol. The molecular weight excluding hydrogens is 627 g/mol. The first-order valence-electron chi connectivity index (χ1n) is 17.0. The fourth-order valence-corrected chi connectivity index (χ4v) is 7.19. The van der Waals surface area contributed by atoms with Crippen molar-refractivity contribution in [2.75, 3.05) is 35.4 Å². The van der Waals surface area contributed by atoms with Crippen molar-refractivity contribution in [3.63, 3.8) is 0 Å². The van der Waals surface area contributed by atoms with E-state index in [4.69, 9.17) is 4.98 Å². The van der Waals surface area contributed by atoms with Gasteiger partial charge in [0.15, 0.2) is 0 Å². The number of nitrogens with zero attached hydrogens (tertiary/aromatic N) is 5. The van der Waals surface area contributed by atoms with Crippen LogP contribution in [0.2, 0.25) is 0 Å². The molecule has 2 aliphatic carbocycles. The van der Waals surface area contributed by atoms with E-state index in [1.807, 2.05) is 59.5 Å². The van der Waals surface area contributed by atoms with Gasteiger partial charge in [0.05, 0.1) is 23.1 Å². The summed E-state index contributed by atoms with van der Waals surface area (Å²) in [5, 5.41) is 0.576. The Bertz CT molecular complexity index is 1930. The number of para-hydroxylation sites is 1. The SMILES string of the molecule is CCCCc1nc2ccc(N3CCN(C(=O)C4CC4)CC3)cc2c(=O)n1Cc1ccc(-c2ccccc2N(C(=O)C2CC2)S(=O)O)cc1. The zero-order valence-corrected chi connectivity index (χ0v) is 28.0. The molecule has 48 heavy (non-hydrogen) atoms. The lowest BCUT2D eigenvalue weighted by Gasteiger charge is -2.36. The Morgan fingerprint density at radius 3 is 2.31 bits per heavy atom. The number of carbonyl (C=O) groups is 2. The Labute approximate surface area is 282 Å². The monoisotopic (exact) mass is 667 g/mol. The third-order valence-corrected chi connectivity index (χ3v) is 10.4. The van der Waals surface area contributed by atoms with E-state index in [0.717, 1.165) is 78.6 Å². The summed E-state index contributed by atoms with van der Waals surface area (Å²) in [6, 6.07) is 20.8. The molecule has 0 radical (unpaired) electrons. The van der Waals surface area contributed by atoms with Crippen LogP contribution in [-0.4, -0.2) is 61.2 Å². The van der Waals surface area contributed by atoms with E-state index in [1.54, 1.807) is 16.7 Å².